The van der Waals surface area contributed by atoms with Crippen LogP contribution < -0.4 is 25.0 Å². The molecule has 2 N–H and O–H groups in total. The minimum absolute atomic E-state index is 0.0474. The Hall–Kier alpha value is -3.97. The van der Waals surface area contributed by atoms with Gasteiger partial charge in [-0.25, -0.2) is 23.4 Å². The second-order valence-corrected chi connectivity index (χ2v) is 12.5. The van der Waals surface area contributed by atoms with E-state index >= 15 is 0 Å². The number of nitrogens with one attached hydrogen (secondary N) is 2. The number of hydrogen-bond acceptors (Lipinski definition) is 11. The van der Waals surface area contributed by atoms with Crippen LogP contribution in [0.3, 0.4) is 0 Å². The van der Waals surface area contributed by atoms with E-state index in [0.717, 1.165) is 6.26 Å². The number of rotatable bonds is 6. The summed E-state index contributed by atoms with van der Waals surface area (Å²) in [6, 6.07) is 8.62. The van der Waals surface area contributed by atoms with Gasteiger partial charge < -0.3 is 29.7 Å². The van der Waals surface area contributed by atoms with Crippen molar-refractivity contribution in [2.45, 2.75) is 44.4 Å². The molecule has 212 valence electrons. The molecule has 2 aliphatic rings. The number of carbonyl (C=O) groups excluding carboxylic acids is 1. The fourth-order valence-corrected chi connectivity index (χ4v) is 5.10. The Kier molecular flexibility index (Phi) is 7.27. The van der Waals surface area contributed by atoms with Crippen molar-refractivity contribution in [3.63, 3.8) is 0 Å². The van der Waals surface area contributed by atoms with Crippen LogP contribution >= 0.6 is 0 Å². The lowest BCUT2D eigenvalue weighted by Gasteiger charge is -2.35. The first-order chi connectivity index (χ1) is 18.9. The maximum Gasteiger partial charge on any atom is 0.257 e. The third kappa shape index (κ3) is 6.10. The normalized spacial score (nSPS) is 18.2. The van der Waals surface area contributed by atoms with Crippen molar-refractivity contribution in [2.75, 3.05) is 48.2 Å². The summed E-state index contributed by atoms with van der Waals surface area (Å²) in [5, 5.41) is 5.86. The summed E-state index contributed by atoms with van der Waals surface area (Å²) >= 11 is 0. The number of fused-ring (bicyclic) bond motifs is 1. The van der Waals surface area contributed by atoms with Crippen molar-refractivity contribution in [1.29, 1.82) is 0 Å². The number of carbonyl (C=O) groups is 1. The predicted octanol–water partition coefficient (Wildman–Crippen LogP) is 3.42. The molecule has 0 aromatic carbocycles. The van der Waals surface area contributed by atoms with Crippen LogP contribution in [0, 0.1) is 0 Å². The van der Waals surface area contributed by atoms with E-state index in [0.29, 0.717) is 72.3 Å². The van der Waals surface area contributed by atoms with Crippen molar-refractivity contribution in [3.05, 3.63) is 36.5 Å². The number of hydrogen-bond donors (Lipinski definition) is 2. The minimum atomic E-state index is -3.62. The molecule has 5 rings (SSSR count). The van der Waals surface area contributed by atoms with Crippen LogP contribution in [0.25, 0.3) is 11.3 Å². The highest BCUT2D eigenvalue weighted by atomic mass is 32.2. The zero-order valence-electron chi connectivity index (χ0n) is 23.0. The average Bonchev–Trinajstić information content (AvgIpc) is 2.87. The van der Waals surface area contributed by atoms with Crippen molar-refractivity contribution in [3.8, 4) is 22.9 Å². The molecule has 12 nitrogen and oxygen atoms in total. The number of morpholine rings is 1. The fourth-order valence-electron chi connectivity index (χ4n) is 4.50. The summed E-state index contributed by atoms with van der Waals surface area (Å²) < 4.78 is 42.5. The molecule has 0 radical (unpaired) electrons. The molecule has 0 spiro atoms. The van der Waals surface area contributed by atoms with E-state index in [2.05, 4.69) is 30.5 Å². The number of nitrogens with zero attached hydrogens (tertiary/aromatic N) is 4. The number of amides is 1. The van der Waals surface area contributed by atoms with E-state index in [-0.39, 0.29) is 17.0 Å². The Morgan fingerprint density at radius 2 is 1.95 bits per heavy atom. The lowest BCUT2D eigenvalue weighted by atomic mass is 10.1. The van der Waals surface area contributed by atoms with E-state index in [9.17, 15) is 13.2 Å². The van der Waals surface area contributed by atoms with E-state index < -0.39 is 15.4 Å². The van der Waals surface area contributed by atoms with Crippen molar-refractivity contribution in [2.24, 2.45) is 0 Å². The molecule has 5 heterocycles. The Morgan fingerprint density at radius 1 is 1.15 bits per heavy atom. The average molecular weight is 569 g/mol. The van der Waals surface area contributed by atoms with Crippen molar-refractivity contribution in [1.82, 2.24) is 15.0 Å². The predicted molar refractivity (Wildman–Crippen MR) is 150 cm³/mol. The third-order valence-corrected chi connectivity index (χ3v) is 7.35. The highest BCUT2D eigenvalue weighted by Crippen LogP contribution is 2.38. The van der Waals surface area contributed by atoms with Gasteiger partial charge in [0.2, 0.25) is 5.91 Å². The third-order valence-electron chi connectivity index (χ3n) is 6.38. The zero-order chi connectivity index (χ0) is 28.7. The number of aromatic nitrogens is 3. The van der Waals surface area contributed by atoms with Gasteiger partial charge in [0.1, 0.15) is 23.8 Å². The molecule has 1 amide bonds. The fraction of sp³-hybridized carbons (Fsp3) is 0.407. The van der Waals surface area contributed by atoms with Crippen molar-refractivity contribution >= 4 is 38.8 Å². The number of anilines is 4. The zero-order valence-corrected chi connectivity index (χ0v) is 23.8. The molecule has 0 aliphatic carbocycles. The van der Waals surface area contributed by atoms with Crippen LogP contribution in [-0.2, 0) is 19.4 Å². The van der Waals surface area contributed by atoms with Gasteiger partial charge in [-0.3, -0.25) is 4.79 Å². The Balaban J connectivity index is 1.58. The number of sulfone groups is 1. The molecular weight excluding hydrogens is 536 g/mol. The first-order valence-electron chi connectivity index (χ1n) is 12.8. The summed E-state index contributed by atoms with van der Waals surface area (Å²) in [4.78, 5) is 27.3. The quantitative estimate of drug-likeness (QED) is 0.451. The van der Waals surface area contributed by atoms with Gasteiger partial charge in [0, 0.05) is 55.3 Å². The highest BCUT2D eigenvalue weighted by Gasteiger charge is 2.29. The summed E-state index contributed by atoms with van der Waals surface area (Å²) in [6.07, 6.45) is 2.69. The second kappa shape index (κ2) is 10.5. The van der Waals surface area contributed by atoms with Gasteiger partial charge >= 0.3 is 0 Å². The molecule has 2 aliphatic heterocycles. The summed E-state index contributed by atoms with van der Waals surface area (Å²) in [7, 11) is -3.62. The second-order valence-electron chi connectivity index (χ2n) is 10.5. The van der Waals surface area contributed by atoms with Gasteiger partial charge in [0.05, 0.1) is 24.6 Å². The maximum absolute atomic E-state index is 12.6. The first-order valence-corrected chi connectivity index (χ1v) is 14.7. The van der Waals surface area contributed by atoms with Crippen LogP contribution in [0.1, 0.15) is 27.7 Å². The monoisotopic (exact) mass is 568 g/mol. The van der Waals surface area contributed by atoms with Crippen LogP contribution in [0.2, 0.25) is 0 Å². The molecule has 1 saturated heterocycles. The molecule has 3 aromatic rings. The van der Waals surface area contributed by atoms with E-state index in [1.807, 2.05) is 20.8 Å². The van der Waals surface area contributed by atoms with Gasteiger partial charge in [0.25, 0.3) is 5.88 Å². The molecule has 13 heteroatoms. The Labute approximate surface area is 233 Å². The van der Waals surface area contributed by atoms with Crippen molar-refractivity contribution < 1.29 is 27.4 Å². The first kappa shape index (κ1) is 27.6. The molecule has 0 saturated carbocycles. The molecule has 40 heavy (non-hydrogen) atoms. The lowest BCUT2D eigenvalue weighted by molar-refractivity contribution is -0.114. The maximum atomic E-state index is 12.6. The van der Waals surface area contributed by atoms with E-state index in [4.69, 9.17) is 14.2 Å². The smallest absolute Gasteiger partial charge is 0.257 e. The van der Waals surface area contributed by atoms with Gasteiger partial charge in [-0.05, 0) is 39.0 Å². The molecule has 1 fully saturated rings. The molecule has 1 atom stereocenters. The standard InChI is InChI=1S/C27H32N6O6S/c1-16-14-37-9-8-33(16)18-10-24(32-25(11-18)40(5,35)36)30-21-12-23(29-17(2)34)28-13-19(21)20-6-7-22-26(31-20)38-15-27(3,4)39-22/h6-7,10-13,16H,8-9,14-15H2,1-5H3,(H2,28,29,30,32,34)/t16-/m1/s1. The largest absolute Gasteiger partial charge is 0.479 e. The number of pyridine rings is 3. The SMILES string of the molecule is CC(=O)Nc1cc(Nc2cc(N3CCOC[C@H]3C)cc(S(C)(=O)=O)n2)c(-c2ccc3c(n2)OCC(C)(C)O3)cn1. The van der Waals surface area contributed by atoms with Gasteiger partial charge in [-0.2, -0.15) is 0 Å². The van der Waals surface area contributed by atoms with Gasteiger partial charge in [0.15, 0.2) is 20.6 Å². The molecular formula is C27H32N6O6S. The van der Waals surface area contributed by atoms with Crippen LogP contribution in [0.5, 0.6) is 11.6 Å². The Bertz CT molecular complexity index is 1560. The summed E-state index contributed by atoms with van der Waals surface area (Å²) in [6.45, 7) is 9.28. The van der Waals surface area contributed by atoms with Crippen LogP contribution in [0.4, 0.5) is 23.0 Å². The van der Waals surface area contributed by atoms with E-state index in [1.165, 1.54) is 6.92 Å². The number of ether oxygens (including phenoxy) is 3. The van der Waals surface area contributed by atoms with Crippen LogP contribution in [-0.4, -0.2) is 73.5 Å². The molecule has 0 bridgehead atoms. The topological polar surface area (TPSA) is 145 Å². The lowest BCUT2D eigenvalue weighted by Crippen LogP contribution is -2.43. The van der Waals surface area contributed by atoms with E-state index in [1.54, 1.807) is 36.5 Å². The van der Waals surface area contributed by atoms with Crippen LogP contribution in [0.15, 0.2) is 41.6 Å². The van der Waals surface area contributed by atoms with Gasteiger partial charge in [-0.15, -0.1) is 0 Å². The van der Waals surface area contributed by atoms with Gasteiger partial charge in [-0.1, -0.05) is 0 Å². The summed E-state index contributed by atoms with van der Waals surface area (Å²) in [5.74, 6) is 1.21. The molecule has 3 aromatic heterocycles. The minimum Gasteiger partial charge on any atom is -0.479 e. The highest BCUT2D eigenvalue weighted by molar-refractivity contribution is 7.90. The summed E-state index contributed by atoms with van der Waals surface area (Å²) in [5.41, 5.74) is 1.84. The Morgan fingerprint density at radius 3 is 2.67 bits per heavy atom. The molecule has 0 unspecified atom stereocenters.